The lowest BCUT2D eigenvalue weighted by atomic mass is 9.99. The minimum absolute atomic E-state index is 0.176. The maximum Gasteiger partial charge on any atom is 0.250 e. The Hall–Kier alpha value is -1.87. The van der Waals surface area contributed by atoms with E-state index in [0.717, 1.165) is 34.3 Å². The average Bonchev–Trinajstić information content (AvgIpc) is 2.49. The largest absolute Gasteiger partial charge is 0.543 e. The first-order valence-electron chi connectivity index (χ1n) is 8.41. The molecule has 0 aromatic heterocycles. The van der Waals surface area contributed by atoms with Crippen LogP contribution in [0.25, 0.3) is 11.1 Å². The summed E-state index contributed by atoms with van der Waals surface area (Å²) in [6, 6.07) is 12.0. The molecule has 0 aliphatic rings. The molecule has 0 aliphatic carbocycles. The lowest BCUT2D eigenvalue weighted by Gasteiger charge is -2.37. The van der Waals surface area contributed by atoms with Crippen molar-refractivity contribution < 1.29 is 9.22 Å². The number of aldehydes is 1. The highest BCUT2D eigenvalue weighted by Crippen LogP contribution is 2.40. The highest BCUT2D eigenvalue weighted by molar-refractivity contribution is 6.74. The van der Waals surface area contributed by atoms with Gasteiger partial charge in [0.1, 0.15) is 12.0 Å². The average molecular weight is 341 g/mol. The smallest absolute Gasteiger partial charge is 0.250 e. The van der Waals surface area contributed by atoms with Crippen molar-refractivity contribution >= 4 is 14.6 Å². The second kappa shape index (κ2) is 6.56. The SMILES string of the molecule is Cc1cc(-c2ccc(C=O)cc2)cc(C)c1O[Si](C)(C)C(C)(C)C. The van der Waals surface area contributed by atoms with Gasteiger partial charge in [0.15, 0.2) is 0 Å². The monoisotopic (exact) mass is 340 g/mol. The molecule has 0 amide bonds. The fourth-order valence-electron chi connectivity index (χ4n) is 2.44. The zero-order valence-corrected chi connectivity index (χ0v) is 16.9. The number of carbonyl (C=O) groups excluding carboxylic acids is 1. The van der Waals surface area contributed by atoms with Crippen molar-refractivity contribution in [3.05, 3.63) is 53.1 Å². The minimum Gasteiger partial charge on any atom is -0.543 e. The van der Waals surface area contributed by atoms with E-state index in [1.807, 2.05) is 24.3 Å². The molecule has 0 N–H and O–H groups in total. The molecule has 0 atom stereocenters. The molecule has 3 heteroatoms. The van der Waals surface area contributed by atoms with Crippen LogP contribution in [0, 0.1) is 13.8 Å². The van der Waals surface area contributed by atoms with Gasteiger partial charge in [-0.25, -0.2) is 0 Å². The third kappa shape index (κ3) is 3.78. The van der Waals surface area contributed by atoms with Gasteiger partial charge in [0.25, 0.3) is 8.32 Å². The van der Waals surface area contributed by atoms with E-state index in [4.69, 9.17) is 4.43 Å². The summed E-state index contributed by atoms with van der Waals surface area (Å²) in [5, 5.41) is 0.176. The van der Waals surface area contributed by atoms with E-state index < -0.39 is 8.32 Å². The first-order chi connectivity index (χ1) is 11.0. The predicted molar refractivity (Wildman–Crippen MR) is 105 cm³/mol. The van der Waals surface area contributed by atoms with Crippen molar-refractivity contribution in [2.24, 2.45) is 0 Å². The first kappa shape index (κ1) is 18.5. The number of aryl methyl sites for hydroxylation is 2. The number of carbonyl (C=O) groups is 1. The van der Waals surface area contributed by atoms with E-state index in [0.29, 0.717) is 5.56 Å². The van der Waals surface area contributed by atoms with E-state index in [-0.39, 0.29) is 5.04 Å². The Kier molecular flexibility index (Phi) is 5.05. The quantitative estimate of drug-likeness (QED) is 0.491. The first-order valence-corrected chi connectivity index (χ1v) is 11.3. The van der Waals surface area contributed by atoms with Crippen LogP contribution < -0.4 is 4.43 Å². The third-order valence-corrected chi connectivity index (χ3v) is 9.33. The maximum atomic E-state index is 10.8. The zero-order chi connectivity index (χ0) is 18.1. The van der Waals surface area contributed by atoms with Crippen LogP contribution in [0.4, 0.5) is 0 Å². The summed E-state index contributed by atoms with van der Waals surface area (Å²) in [6.07, 6.45) is 0.871. The molecule has 2 aromatic carbocycles. The Labute approximate surface area is 147 Å². The summed E-state index contributed by atoms with van der Waals surface area (Å²) in [5.41, 5.74) is 5.30. The topological polar surface area (TPSA) is 26.3 Å². The van der Waals surface area contributed by atoms with Crippen molar-refractivity contribution in [1.29, 1.82) is 0 Å². The van der Waals surface area contributed by atoms with Crippen LogP contribution >= 0.6 is 0 Å². The lowest BCUT2D eigenvalue weighted by molar-refractivity contribution is 0.112. The Morgan fingerprint density at radius 2 is 1.42 bits per heavy atom. The Balaban J connectivity index is 2.39. The third-order valence-electron chi connectivity index (χ3n) is 5.00. The molecule has 0 bridgehead atoms. The second-order valence-corrected chi connectivity index (χ2v) is 12.8. The highest BCUT2D eigenvalue weighted by Gasteiger charge is 2.39. The summed E-state index contributed by atoms with van der Waals surface area (Å²) in [7, 11) is -1.86. The molecule has 0 spiro atoms. The van der Waals surface area contributed by atoms with Crippen LogP contribution in [0.5, 0.6) is 5.75 Å². The van der Waals surface area contributed by atoms with Crippen molar-refractivity contribution in [2.75, 3.05) is 0 Å². The van der Waals surface area contributed by atoms with Gasteiger partial charge in [-0.2, -0.15) is 0 Å². The molecule has 2 aromatic rings. The van der Waals surface area contributed by atoms with Crippen molar-refractivity contribution in [1.82, 2.24) is 0 Å². The van der Waals surface area contributed by atoms with Gasteiger partial charge in [-0.05, 0) is 66.4 Å². The fourth-order valence-corrected chi connectivity index (χ4v) is 3.58. The normalized spacial score (nSPS) is 12.1. The molecule has 0 aliphatic heterocycles. The maximum absolute atomic E-state index is 10.8. The van der Waals surface area contributed by atoms with E-state index in [2.05, 4.69) is 59.8 Å². The van der Waals surface area contributed by atoms with Gasteiger partial charge in [0.05, 0.1) is 0 Å². The molecular weight excluding hydrogens is 312 g/mol. The molecule has 128 valence electrons. The van der Waals surface area contributed by atoms with Crippen LogP contribution in [0.3, 0.4) is 0 Å². The highest BCUT2D eigenvalue weighted by atomic mass is 28.4. The van der Waals surface area contributed by atoms with E-state index in [9.17, 15) is 4.79 Å². The van der Waals surface area contributed by atoms with E-state index in [1.54, 1.807) is 0 Å². The van der Waals surface area contributed by atoms with Gasteiger partial charge in [0, 0.05) is 5.56 Å². The predicted octanol–water partition coefficient (Wildman–Crippen LogP) is 6.17. The molecule has 2 nitrogen and oxygen atoms in total. The van der Waals surface area contributed by atoms with Crippen molar-refractivity contribution in [2.45, 2.75) is 52.8 Å². The molecule has 0 unspecified atom stereocenters. The molecule has 24 heavy (non-hydrogen) atoms. The van der Waals surface area contributed by atoms with Crippen LogP contribution in [0.15, 0.2) is 36.4 Å². The molecule has 0 fully saturated rings. The van der Waals surface area contributed by atoms with Crippen LogP contribution in [-0.2, 0) is 0 Å². The van der Waals surface area contributed by atoms with Gasteiger partial charge < -0.3 is 4.43 Å². The molecule has 2 rings (SSSR count). The summed E-state index contributed by atoms with van der Waals surface area (Å²) in [4.78, 5) is 10.8. The zero-order valence-electron chi connectivity index (χ0n) is 15.9. The minimum atomic E-state index is -1.86. The summed E-state index contributed by atoms with van der Waals surface area (Å²) >= 11 is 0. The number of hydrogen-bond acceptors (Lipinski definition) is 2. The van der Waals surface area contributed by atoms with Crippen LogP contribution in [-0.4, -0.2) is 14.6 Å². The molecule has 0 saturated heterocycles. The number of rotatable bonds is 4. The summed E-state index contributed by atoms with van der Waals surface area (Å²) in [5.74, 6) is 1.02. The number of hydrogen-bond donors (Lipinski definition) is 0. The number of benzene rings is 2. The lowest BCUT2D eigenvalue weighted by Crippen LogP contribution is -2.44. The van der Waals surface area contributed by atoms with Gasteiger partial charge in [-0.3, -0.25) is 4.79 Å². The molecule has 0 radical (unpaired) electrons. The van der Waals surface area contributed by atoms with Gasteiger partial charge in [-0.1, -0.05) is 45.0 Å². The second-order valence-electron chi connectivity index (χ2n) is 8.04. The van der Waals surface area contributed by atoms with Crippen molar-refractivity contribution in [3.8, 4) is 16.9 Å². The summed E-state index contributed by atoms with van der Waals surface area (Å²) < 4.78 is 6.55. The summed E-state index contributed by atoms with van der Waals surface area (Å²) in [6.45, 7) is 15.5. The van der Waals surface area contributed by atoms with E-state index in [1.165, 1.54) is 0 Å². The Morgan fingerprint density at radius 3 is 1.83 bits per heavy atom. The Morgan fingerprint density at radius 1 is 0.917 bits per heavy atom. The fraction of sp³-hybridized carbons (Fsp3) is 0.381. The molecular formula is C21H28O2Si. The van der Waals surface area contributed by atoms with Gasteiger partial charge >= 0.3 is 0 Å². The van der Waals surface area contributed by atoms with Gasteiger partial charge in [0.2, 0.25) is 0 Å². The molecule has 0 saturated carbocycles. The Bertz CT molecular complexity index is 714. The van der Waals surface area contributed by atoms with Crippen molar-refractivity contribution in [3.63, 3.8) is 0 Å². The standard InChI is InChI=1S/C21H28O2Si/c1-15-12-19(18-10-8-17(14-22)9-11-18)13-16(2)20(15)23-24(6,7)21(3,4)5/h8-14H,1-7H3. The van der Waals surface area contributed by atoms with E-state index >= 15 is 0 Å². The van der Waals surface area contributed by atoms with Crippen LogP contribution in [0.1, 0.15) is 42.3 Å². The van der Waals surface area contributed by atoms with Gasteiger partial charge in [-0.15, -0.1) is 0 Å². The molecule has 0 heterocycles. The van der Waals surface area contributed by atoms with Crippen LogP contribution in [0.2, 0.25) is 18.1 Å².